The van der Waals surface area contributed by atoms with Gasteiger partial charge in [-0.25, -0.2) is 11.3 Å². The van der Waals surface area contributed by atoms with Crippen LogP contribution < -0.4 is 27.7 Å². The van der Waals surface area contributed by atoms with Gasteiger partial charge in [-0.15, -0.1) is 0 Å². The van der Waals surface area contributed by atoms with Gasteiger partial charge < -0.3 is 0 Å². The third kappa shape index (κ3) is 8.02. The molecule has 1 aromatic carbocycles. The monoisotopic (exact) mass is 393 g/mol. The number of halogens is 2. The normalized spacial score (nSPS) is 9.52. The van der Waals surface area contributed by atoms with Crippen molar-refractivity contribution in [3.05, 3.63) is 55.1 Å². The summed E-state index contributed by atoms with van der Waals surface area (Å²) in [4.78, 5) is 12.6. The zero-order valence-electron chi connectivity index (χ0n) is 11.5. The van der Waals surface area contributed by atoms with Gasteiger partial charge in [0.15, 0.2) is 9.88 Å². The van der Waals surface area contributed by atoms with Crippen molar-refractivity contribution in [1.82, 2.24) is 31.5 Å². The number of hydrogen-bond donors (Lipinski definition) is 6. The Hall–Kier alpha value is -1.56. The topological polar surface area (TPSA) is 124 Å². The fraction of sp³-hybridized carbons (Fsp3) is 0.0909. The molecule has 124 valence electrons. The Kier molecular flexibility index (Phi) is 8.69. The molecule has 2 rings (SSSR count). The molecule has 0 amide bonds. The number of H-pyrrole nitrogens is 2. The Labute approximate surface area is 151 Å². The number of hydrazine groups is 2. The lowest BCUT2D eigenvalue weighted by Crippen LogP contribution is -2.46. The molecule has 0 radical (unpaired) electrons. The van der Waals surface area contributed by atoms with Gasteiger partial charge >= 0.3 is 0 Å². The van der Waals surface area contributed by atoms with Gasteiger partial charge in [0.05, 0.1) is 10.0 Å². The zero-order chi connectivity index (χ0) is 17.2. The van der Waals surface area contributed by atoms with Crippen molar-refractivity contribution in [2.45, 2.75) is 6.54 Å². The van der Waals surface area contributed by atoms with Gasteiger partial charge in [-0.1, -0.05) is 29.3 Å². The molecule has 1 aromatic heterocycles. The van der Waals surface area contributed by atoms with E-state index in [0.717, 1.165) is 11.8 Å². The predicted molar refractivity (Wildman–Crippen MR) is 96.4 cm³/mol. The molecule has 0 aliphatic rings. The maximum atomic E-state index is 10.3. The van der Waals surface area contributed by atoms with Crippen LogP contribution in [0.3, 0.4) is 0 Å². The number of nitrogens with two attached hydrogens (primary N) is 1. The molecular weight excluding hydrogens is 381 g/mol. The molecule has 8 nitrogen and oxygen atoms in total. The molecule has 0 atom stereocenters. The largest absolute Gasteiger partial charge is 0.300 e. The summed E-state index contributed by atoms with van der Waals surface area (Å²) in [6.45, 7) is 0.554. The van der Waals surface area contributed by atoms with Crippen LogP contribution in [0.25, 0.3) is 0 Å². The van der Waals surface area contributed by atoms with E-state index >= 15 is 0 Å². The number of nitrogens with zero attached hydrogens (tertiary/aromatic N) is 1. The molecule has 0 unspecified atom stereocenters. The van der Waals surface area contributed by atoms with Crippen molar-refractivity contribution in [1.29, 1.82) is 0 Å². The zero-order valence-corrected chi connectivity index (χ0v) is 14.7. The van der Waals surface area contributed by atoms with Crippen LogP contribution in [-0.2, 0) is 6.54 Å². The fourth-order valence-electron chi connectivity index (χ4n) is 1.23. The highest BCUT2D eigenvalue weighted by molar-refractivity contribution is 7.80. The molecule has 7 N–H and O–H groups in total. The Bertz CT molecular complexity index is 739. The number of hydrogen-bond acceptors (Lipinski definition) is 6. The summed E-state index contributed by atoms with van der Waals surface area (Å²) in [5.74, 6) is 5.06. The highest BCUT2D eigenvalue weighted by Gasteiger charge is 1.99. The number of aromatic nitrogens is 3. The van der Waals surface area contributed by atoms with Crippen LogP contribution in [0.5, 0.6) is 0 Å². The SMILES string of the molecule is NNC(=S)NNCc1ccc(Cl)c(Cl)c1.O=c1cn[nH]c(=S)[nH]1. The number of nitrogens with one attached hydrogen (secondary N) is 5. The molecule has 0 saturated heterocycles. The summed E-state index contributed by atoms with van der Waals surface area (Å²) in [5.41, 5.74) is 8.53. The van der Waals surface area contributed by atoms with Crippen LogP contribution in [0.2, 0.25) is 10.0 Å². The van der Waals surface area contributed by atoms with Gasteiger partial charge in [-0.05, 0) is 42.1 Å². The van der Waals surface area contributed by atoms with Crippen LogP contribution in [-0.4, -0.2) is 20.3 Å². The molecule has 0 bridgehead atoms. The van der Waals surface area contributed by atoms with Crippen LogP contribution in [0.15, 0.2) is 29.2 Å². The number of aromatic amines is 2. The molecule has 0 aliphatic heterocycles. The lowest BCUT2D eigenvalue weighted by molar-refractivity contribution is 0.644. The minimum absolute atomic E-state index is 0.248. The molecule has 1 heterocycles. The minimum Gasteiger partial charge on any atom is -0.300 e. The standard InChI is InChI=1S/C8H10Cl2N4S.C3H3N3OS/c9-6-2-1-5(3-7(6)10)4-12-14-8(15)13-11;7-2-1-4-6-3(8)5-2/h1-3,12H,4,11H2,(H2,13,14,15);1H,(H2,5,6,7,8). The third-order valence-electron chi connectivity index (χ3n) is 2.19. The van der Waals surface area contributed by atoms with E-state index in [2.05, 4.69) is 43.7 Å². The first kappa shape index (κ1) is 19.5. The van der Waals surface area contributed by atoms with Crippen molar-refractivity contribution in [3.63, 3.8) is 0 Å². The van der Waals surface area contributed by atoms with E-state index in [-0.39, 0.29) is 10.3 Å². The molecule has 23 heavy (non-hydrogen) atoms. The second kappa shape index (κ2) is 10.3. The van der Waals surface area contributed by atoms with Crippen molar-refractivity contribution in [3.8, 4) is 0 Å². The first-order valence-corrected chi connectivity index (χ1v) is 7.57. The summed E-state index contributed by atoms with van der Waals surface area (Å²) >= 11 is 20.9. The summed E-state index contributed by atoms with van der Waals surface area (Å²) in [5, 5.41) is 7.17. The summed E-state index contributed by atoms with van der Waals surface area (Å²) in [6, 6.07) is 5.37. The summed E-state index contributed by atoms with van der Waals surface area (Å²) in [6.07, 6.45) is 1.12. The Morgan fingerprint density at radius 3 is 2.61 bits per heavy atom. The van der Waals surface area contributed by atoms with E-state index in [1.54, 1.807) is 12.1 Å². The first-order valence-electron chi connectivity index (χ1n) is 5.99. The highest BCUT2D eigenvalue weighted by atomic mass is 35.5. The lowest BCUT2D eigenvalue weighted by atomic mass is 10.2. The molecule has 2 aromatic rings. The Morgan fingerprint density at radius 1 is 1.35 bits per heavy atom. The van der Waals surface area contributed by atoms with Crippen molar-refractivity contribution in [2.24, 2.45) is 5.84 Å². The minimum atomic E-state index is -0.284. The molecule has 0 saturated carbocycles. The summed E-state index contributed by atoms with van der Waals surface area (Å²) in [7, 11) is 0. The van der Waals surface area contributed by atoms with Crippen molar-refractivity contribution < 1.29 is 0 Å². The van der Waals surface area contributed by atoms with E-state index in [0.29, 0.717) is 21.7 Å². The molecular formula is C11H13Cl2N7OS2. The quantitative estimate of drug-likeness (QED) is 0.261. The highest BCUT2D eigenvalue weighted by Crippen LogP contribution is 2.22. The average Bonchev–Trinajstić information content (AvgIpc) is 2.51. The lowest BCUT2D eigenvalue weighted by Gasteiger charge is -2.08. The van der Waals surface area contributed by atoms with Crippen LogP contribution in [0, 0.1) is 4.77 Å². The van der Waals surface area contributed by atoms with E-state index in [1.807, 2.05) is 6.07 Å². The van der Waals surface area contributed by atoms with E-state index in [9.17, 15) is 4.79 Å². The van der Waals surface area contributed by atoms with Gasteiger partial charge in [-0.3, -0.25) is 25.7 Å². The third-order valence-corrected chi connectivity index (χ3v) is 3.35. The first-order chi connectivity index (χ1) is 10.9. The Balaban J connectivity index is 0.000000277. The molecule has 0 aliphatic carbocycles. The average molecular weight is 394 g/mol. The van der Waals surface area contributed by atoms with E-state index < -0.39 is 0 Å². The van der Waals surface area contributed by atoms with Gasteiger partial charge in [-0.2, -0.15) is 5.10 Å². The van der Waals surface area contributed by atoms with Crippen molar-refractivity contribution in [2.75, 3.05) is 0 Å². The second-order valence-electron chi connectivity index (χ2n) is 3.89. The van der Waals surface area contributed by atoms with Gasteiger partial charge in [0, 0.05) is 6.54 Å². The van der Waals surface area contributed by atoms with Crippen molar-refractivity contribution >= 4 is 52.8 Å². The van der Waals surface area contributed by atoms with Crippen LogP contribution in [0.4, 0.5) is 0 Å². The van der Waals surface area contributed by atoms with Gasteiger partial charge in [0.1, 0.15) is 6.20 Å². The smallest absolute Gasteiger partial charge is 0.270 e. The summed E-state index contributed by atoms with van der Waals surface area (Å²) < 4.78 is 0.248. The molecule has 12 heteroatoms. The number of benzene rings is 1. The van der Waals surface area contributed by atoms with E-state index in [1.165, 1.54) is 0 Å². The fourth-order valence-corrected chi connectivity index (χ4v) is 1.78. The van der Waals surface area contributed by atoms with Gasteiger partial charge in [0.2, 0.25) is 0 Å². The molecule has 0 fully saturated rings. The predicted octanol–water partition coefficient (Wildman–Crippen LogP) is 1.16. The van der Waals surface area contributed by atoms with Crippen LogP contribution in [0.1, 0.15) is 5.56 Å². The number of rotatable bonds is 3. The Morgan fingerprint density at radius 2 is 2.09 bits per heavy atom. The maximum absolute atomic E-state index is 10.3. The molecule has 0 spiro atoms. The second-order valence-corrected chi connectivity index (χ2v) is 5.52. The van der Waals surface area contributed by atoms with E-state index in [4.69, 9.17) is 41.3 Å². The number of thiocarbonyl (C=S) groups is 1. The van der Waals surface area contributed by atoms with Crippen LogP contribution >= 0.6 is 47.6 Å². The van der Waals surface area contributed by atoms with Gasteiger partial charge in [0.25, 0.3) is 5.56 Å². The maximum Gasteiger partial charge on any atom is 0.270 e.